The molecule has 26 valence electrons. The summed E-state index contributed by atoms with van der Waals surface area (Å²) in [6.07, 6.45) is 0. The minimum atomic E-state index is -0.625. The summed E-state index contributed by atoms with van der Waals surface area (Å²) in [5, 5.41) is 7.50. The van der Waals surface area contributed by atoms with Gasteiger partial charge in [-0.15, -0.1) is 0 Å². The normalized spacial score (nSPS) is 7.50. The molecule has 0 rings (SSSR count). The van der Waals surface area contributed by atoms with Gasteiger partial charge in [-0.05, 0) is 0 Å². The Morgan fingerprint density at radius 3 is 2.25 bits per heavy atom. The van der Waals surface area contributed by atoms with Crippen molar-refractivity contribution in [1.82, 2.24) is 0 Å². The van der Waals surface area contributed by atoms with E-state index < -0.39 is 6.67 Å². The monoisotopic (exact) mass is 65.0 g/mol. The molecule has 0 radical (unpaired) electrons. The highest BCUT2D eigenvalue weighted by Gasteiger charge is 1.61. The van der Waals surface area contributed by atoms with Crippen LogP contribution in [0.15, 0.2) is 0 Å². The molecule has 0 aromatic rings. The molecule has 1 N–H and O–H groups in total. The van der Waals surface area contributed by atoms with Crippen molar-refractivity contribution in [2.24, 2.45) is 0 Å². The number of halogens is 1. The molecule has 0 aromatic carbocycles. The van der Waals surface area contributed by atoms with E-state index in [1.807, 2.05) is 0 Å². The number of alkyl halides is 1. The zero-order chi connectivity index (χ0) is 3.41. The number of aliphatic hydroxyl groups is 1. The largest absolute Gasteiger partial charge is 1.00 e. The SMILES string of the molecule is OCCF.[H+]. The molecular weight excluding hydrogens is 59.0 g/mol. The van der Waals surface area contributed by atoms with Gasteiger partial charge in [-0.1, -0.05) is 0 Å². The Balaban J connectivity index is 0. The van der Waals surface area contributed by atoms with Crippen molar-refractivity contribution in [1.29, 1.82) is 0 Å². The molecule has 0 atom stereocenters. The highest BCUT2D eigenvalue weighted by atomic mass is 19.1. The van der Waals surface area contributed by atoms with Gasteiger partial charge in [0.05, 0.1) is 6.61 Å². The quantitative estimate of drug-likeness (QED) is 0.458. The van der Waals surface area contributed by atoms with Crippen LogP contribution in [0.5, 0.6) is 0 Å². The summed E-state index contributed by atoms with van der Waals surface area (Å²) in [7, 11) is 0. The standard InChI is InChI=1S/C2H5FO/c3-1-2-4/h4H,1-2H2/p+1. The van der Waals surface area contributed by atoms with E-state index in [9.17, 15) is 4.39 Å². The van der Waals surface area contributed by atoms with Crippen LogP contribution in [-0.4, -0.2) is 18.4 Å². The molecular formula is C2H6FO+. The second-order valence-electron chi connectivity index (χ2n) is 0.413. The maximum Gasteiger partial charge on any atom is 1.00 e. The first kappa shape index (κ1) is 3.89. The van der Waals surface area contributed by atoms with E-state index in [2.05, 4.69) is 0 Å². The van der Waals surface area contributed by atoms with Crippen molar-refractivity contribution in [3.63, 3.8) is 0 Å². The van der Waals surface area contributed by atoms with Crippen molar-refractivity contribution in [2.45, 2.75) is 0 Å². The van der Waals surface area contributed by atoms with Crippen LogP contribution in [0.1, 0.15) is 1.43 Å². The van der Waals surface area contributed by atoms with Crippen LogP contribution >= 0.6 is 0 Å². The maximum absolute atomic E-state index is 10.5. The summed E-state index contributed by atoms with van der Waals surface area (Å²) in [5.74, 6) is 0. The minimum Gasteiger partial charge on any atom is -0.394 e. The van der Waals surface area contributed by atoms with Gasteiger partial charge in [0.1, 0.15) is 6.67 Å². The fourth-order valence-electron chi connectivity index (χ4n) is 0. The van der Waals surface area contributed by atoms with E-state index in [-0.39, 0.29) is 8.03 Å². The van der Waals surface area contributed by atoms with Crippen LogP contribution in [-0.2, 0) is 0 Å². The predicted molar refractivity (Wildman–Crippen MR) is 14.2 cm³/mol. The van der Waals surface area contributed by atoms with Gasteiger partial charge in [0.2, 0.25) is 0 Å². The zero-order valence-electron chi connectivity index (χ0n) is 3.24. The summed E-state index contributed by atoms with van der Waals surface area (Å²) in [6, 6.07) is 0. The summed E-state index contributed by atoms with van der Waals surface area (Å²) < 4.78 is 10.5. The average molecular weight is 65.1 g/mol. The number of hydrogen-bond acceptors (Lipinski definition) is 1. The lowest BCUT2D eigenvalue weighted by atomic mass is 10.9. The van der Waals surface area contributed by atoms with E-state index in [4.69, 9.17) is 5.11 Å². The Labute approximate surface area is 25.5 Å². The fourth-order valence-corrected chi connectivity index (χ4v) is 0. The van der Waals surface area contributed by atoms with Gasteiger partial charge in [0, 0.05) is 0 Å². The number of rotatable bonds is 1. The third-order valence-corrected chi connectivity index (χ3v) is 0.0845. The van der Waals surface area contributed by atoms with E-state index in [1.54, 1.807) is 0 Å². The second kappa shape index (κ2) is 2.89. The molecule has 0 saturated heterocycles. The van der Waals surface area contributed by atoms with Gasteiger partial charge in [-0.3, -0.25) is 0 Å². The molecule has 0 unspecified atom stereocenters. The van der Waals surface area contributed by atoms with Crippen LogP contribution in [0.4, 0.5) is 4.39 Å². The predicted octanol–water partition coefficient (Wildman–Crippen LogP) is 0.0607. The third-order valence-electron chi connectivity index (χ3n) is 0.0845. The van der Waals surface area contributed by atoms with Gasteiger partial charge in [-0.25, -0.2) is 4.39 Å². The molecule has 0 bridgehead atoms. The lowest BCUT2D eigenvalue weighted by Gasteiger charge is -1.66. The Bertz CT molecular complexity index is 11.6. The first-order chi connectivity index (χ1) is 1.91. The molecule has 0 amide bonds. The molecule has 0 aliphatic heterocycles. The van der Waals surface area contributed by atoms with Gasteiger partial charge in [0.15, 0.2) is 0 Å². The van der Waals surface area contributed by atoms with E-state index in [0.29, 0.717) is 0 Å². The van der Waals surface area contributed by atoms with Gasteiger partial charge in [0.25, 0.3) is 0 Å². The fraction of sp³-hybridized carbons (Fsp3) is 1.00. The third kappa shape index (κ3) is 1.89. The Kier molecular flexibility index (Phi) is 2.81. The summed E-state index contributed by atoms with van der Waals surface area (Å²) >= 11 is 0. The summed E-state index contributed by atoms with van der Waals surface area (Å²) in [5.41, 5.74) is 0. The van der Waals surface area contributed by atoms with Crippen molar-refractivity contribution < 1.29 is 10.9 Å². The van der Waals surface area contributed by atoms with Crippen LogP contribution in [0.3, 0.4) is 0 Å². The molecule has 4 heavy (non-hydrogen) atoms. The maximum atomic E-state index is 10.5. The number of hydrogen-bond donors (Lipinski definition) is 1. The van der Waals surface area contributed by atoms with Crippen LogP contribution in [0.2, 0.25) is 0 Å². The second-order valence-corrected chi connectivity index (χ2v) is 0.413. The van der Waals surface area contributed by atoms with Crippen LogP contribution in [0.25, 0.3) is 0 Å². The molecule has 0 aromatic heterocycles. The average Bonchev–Trinajstić information content (AvgIpc) is 1.37. The van der Waals surface area contributed by atoms with Crippen LogP contribution in [0, 0.1) is 0 Å². The Morgan fingerprint density at radius 1 is 2.00 bits per heavy atom. The molecule has 1 nitrogen and oxygen atoms in total. The van der Waals surface area contributed by atoms with Crippen molar-refractivity contribution in [3.05, 3.63) is 0 Å². The van der Waals surface area contributed by atoms with Gasteiger partial charge < -0.3 is 5.11 Å². The lowest BCUT2D eigenvalue weighted by Crippen LogP contribution is -1.77. The highest BCUT2D eigenvalue weighted by molar-refractivity contribution is 4.08. The number of aliphatic hydroxyl groups excluding tert-OH is 1. The molecule has 0 heterocycles. The molecule has 0 aliphatic rings. The summed E-state index contributed by atoms with van der Waals surface area (Å²) in [6.45, 7) is -0.972. The van der Waals surface area contributed by atoms with Crippen molar-refractivity contribution >= 4 is 0 Å². The minimum absolute atomic E-state index is 0. The smallest absolute Gasteiger partial charge is 0.394 e. The van der Waals surface area contributed by atoms with Gasteiger partial charge in [-0.2, -0.15) is 0 Å². The topological polar surface area (TPSA) is 20.2 Å². The van der Waals surface area contributed by atoms with Crippen molar-refractivity contribution in [3.8, 4) is 0 Å². The first-order valence-electron chi connectivity index (χ1n) is 1.08. The highest BCUT2D eigenvalue weighted by Crippen LogP contribution is 1.54. The Hall–Kier alpha value is -0.110. The molecule has 0 aliphatic carbocycles. The molecule has 0 fully saturated rings. The van der Waals surface area contributed by atoms with Crippen molar-refractivity contribution in [2.75, 3.05) is 13.3 Å². The van der Waals surface area contributed by atoms with Crippen LogP contribution < -0.4 is 0 Å². The van der Waals surface area contributed by atoms with E-state index >= 15 is 0 Å². The van der Waals surface area contributed by atoms with E-state index in [0.717, 1.165) is 0 Å². The van der Waals surface area contributed by atoms with E-state index in [1.165, 1.54) is 0 Å². The molecule has 0 saturated carbocycles. The molecule has 0 spiro atoms. The molecule has 2 heteroatoms. The summed E-state index contributed by atoms with van der Waals surface area (Å²) in [4.78, 5) is 0. The van der Waals surface area contributed by atoms with Gasteiger partial charge >= 0.3 is 1.43 Å². The first-order valence-corrected chi connectivity index (χ1v) is 1.08. The lowest BCUT2D eigenvalue weighted by molar-refractivity contribution is 0.253. The zero-order valence-corrected chi connectivity index (χ0v) is 2.24. The Morgan fingerprint density at radius 2 is 2.25 bits per heavy atom.